The van der Waals surface area contributed by atoms with Gasteiger partial charge in [-0.15, -0.1) is 0 Å². The molecule has 1 aromatic carbocycles. The molecule has 1 saturated heterocycles. The highest BCUT2D eigenvalue weighted by Gasteiger charge is 2.15. The van der Waals surface area contributed by atoms with Gasteiger partial charge in [-0.1, -0.05) is 19.1 Å². The Bertz CT molecular complexity index is 742. The zero-order valence-electron chi connectivity index (χ0n) is 16.9. The molecule has 0 spiro atoms. The van der Waals surface area contributed by atoms with Crippen LogP contribution in [0, 0.1) is 19.8 Å². The van der Waals surface area contributed by atoms with E-state index in [9.17, 15) is 4.79 Å². The van der Waals surface area contributed by atoms with E-state index < -0.39 is 0 Å². The molecule has 1 fully saturated rings. The van der Waals surface area contributed by atoms with Crippen molar-refractivity contribution in [2.45, 2.75) is 46.6 Å². The molecule has 0 unspecified atom stereocenters. The van der Waals surface area contributed by atoms with Crippen LogP contribution in [0.4, 0.5) is 0 Å². The second-order valence-electron chi connectivity index (χ2n) is 7.92. The number of hydrogen-bond donors (Lipinski definition) is 1. The Labute approximate surface area is 162 Å². The minimum atomic E-state index is 0.0138. The van der Waals surface area contributed by atoms with Crippen LogP contribution in [0.1, 0.15) is 53.5 Å². The summed E-state index contributed by atoms with van der Waals surface area (Å²) in [4.78, 5) is 14.8. The lowest BCUT2D eigenvalue weighted by Gasteiger charge is -2.30. The number of aryl methyl sites for hydroxylation is 2. The lowest BCUT2D eigenvalue weighted by atomic mass is 9.99. The molecule has 0 aliphatic carbocycles. The smallest absolute Gasteiger partial charge is 0.251 e. The number of nitrogens with one attached hydrogen (secondary N) is 1. The van der Waals surface area contributed by atoms with Crippen LogP contribution in [0.25, 0.3) is 0 Å². The fraction of sp³-hybridized carbons (Fsp3) is 0.545. The molecule has 146 valence electrons. The van der Waals surface area contributed by atoms with Crippen LogP contribution in [-0.4, -0.2) is 46.8 Å². The molecule has 2 heterocycles. The van der Waals surface area contributed by atoms with Gasteiger partial charge >= 0.3 is 0 Å². The number of amides is 1. The van der Waals surface area contributed by atoms with Gasteiger partial charge in [-0.3, -0.25) is 9.48 Å². The first kappa shape index (κ1) is 19.6. The number of aromatic nitrogens is 2. The molecule has 5 heteroatoms. The number of hydrogen-bond acceptors (Lipinski definition) is 3. The maximum absolute atomic E-state index is 12.3. The van der Waals surface area contributed by atoms with Crippen molar-refractivity contribution in [2.75, 3.05) is 26.2 Å². The minimum Gasteiger partial charge on any atom is -0.352 e. The quantitative estimate of drug-likeness (QED) is 0.762. The van der Waals surface area contributed by atoms with Gasteiger partial charge in [-0.2, -0.15) is 5.10 Å². The first-order valence-corrected chi connectivity index (χ1v) is 10.1. The number of likely N-dealkylation sites (tertiary alicyclic amines) is 1. The normalized spacial score (nSPS) is 15.8. The number of piperidine rings is 1. The molecule has 1 N–H and O–H groups in total. The van der Waals surface area contributed by atoms with Crippen molar-refractivity contribution in [1.29, 1.82) is 0 Å². The standard InChI is InChI=1S/C22H32N4O/c1-17-9-13-25(14-10-17)12-4-11-23-22(27)21-7-5-20(6-8-21)16-26-19(3)15-18(2)24-26/h5-8,15,17H,4,9-14,16H2,1-3H3,(H,23,27). The topological polar surface area (TPSA) is 50.2 Å². The SMILES string of the molecule is Cc1cc(C)n(Cc2ccc(C(=O)NCCCN3CCC(C)CC3)cc2)n1. The lowest BCUT2D eigenvalue weighted by molar-refractivity contribution is 0.0950. The van der Waals surface area contributed by atoms with Gasteiger partial charge in [0.05, 0.1) is 12.2 Å². The molecule has 0 atom stereocenters. The molecular weight excluding hydrogens is 336 g/mol. The van der Waals surface area contributed by atoms with Crippen LogP contribution in [0.15, 0.2) is 30.3 Å². The molecule has 0 saturated carbocycles. The molecule has 5 nitrogen and oxygen atoms in total. The van der Waals surface area contributed by atoms with Crippen molar-refractivity contribution < 1.29 is 4.79 Å². The van der Waals surface area contributed by atoms with Gasteiger partial charge in [0.1, 0.15) is 0 Å². The van der Waals surface area contributed by atoms with Crippen LogP contribution in [0.3, 0.4) is 0 Å². The van der Waals surface area contributed by atoms with Gasteiger partial charge in [-0.25, -0.2) is 0 Å². The molecule has 3 rings (SSSR count). The van der Waals surface area contributed by atoms with E-state index in [0.29, 0.717) is 0 Å². The third kappa shape index (κ3) is 5.67. The summed E-state index contributed by atoms with van der Waals surface area (Å²) in [5.41, 5.74) is 4.05. The van der Waals surface area contributed by atoms with E-state index in [-0.39, 0.29) is 5.91 Å². The van der Waals surface area contributed by atoms with Crippen molar-refractivity contribution in [3.05, 3.63) is 52.8 Å². The van der Waals surface area contributed by atoms with Crippen molar-refractivity contribution in [3.63, 3.8) is 0 Å². The number of rotatable bonds is 7. The predicted octanol–water partition coefficient (Wildman–Crippen LogP) is 3.40. The highest BCUT2D eigenvalue weighted by Crippen LogP contribution is 2.15. The minimum absolute atomic E-state index is 0.0138. The molecule has 1 amide bonds. The van der Waals surface area contributed by atoms with Crippen LogP contribution < -0.4 is 5.32 Å². The molecule has 2 aromatic rings. The van der Waals surface area contributed by atoms with Gasteiger partial charge in [0, 0.05) is 17.8 Å². The highest BCUT2D eigenvalue weighted by molar-refractivity contribution is 5.94. The third-order valence-corrected chi connectivity index (χ3v) is 5.46. The van der Waals surface area contributed by atoms with Crippen LogP contribution in [-0.2, 0) is 6.54 Å². The average molecular weight is 369 g/mol. The first-order chi connectivity index (χ1) is 13.0. The van der Waals surface area contributed by atoms with Crippen LogP contribution in [0.5, 0.6) is 0 Å². The van der Waals surface area contributed by atoms with Crippen molar-refractivity contribution in [1.82, 2.24) is 20.0 Å². The zero-order chi connectivity index (χ0) is 19.2. The summed E-state index contributed by atoms with van der Waals surface area (Å²) in [6.07, 6.45) is 3.61. The molecule has 1 aliphatic rings. The van der Waals surface area contributed by atoms with Gasteiger partial charge in [0.2, 0.25) is 0 Å². The molecule has 27 heavy (non-hydrogen) atoms. The van der Waals surface area contributed by atoms with E-state index in [1.165, 1.54) is 25.9 Å². The Kier molecular flexibility index (Phi) is 6.67. The second-order valence-corrected chi connectivity index (χ2v) is 7.92. The Morgan fingerprint density at radius 1 is 1.19 bits per heavy atom. The first-order valence-electron chi connectivity index (χ1n) is 10.1. The van der Waals surface area contributed by atoms with Crippen molar-refractivity contribution >= 4 is 5.91 Å². The van der Waals surface area contributed by atoms with E-state index in [4.69, 9.17) is 0 Å². The number of benzene rings is 1. The molecule has 0 radical (unpaired) electrons. The number of carbonyl (C=O) groups excluding carboxylic acids is 1. The zero-order valence-corrected chi connectivity index (χ0v) is 16.9. The van der Waals surface area contributed by atoms with Gasteiger partial charge in [0.25, 0.3) is 5.91 Å². The van der Waals surface area contributed by atoms with Crippen LogP contribution in [0.2, 0.25) is 0 Å². The Morgan fingerprint density at radius 2 is 1.89 bits per heavy atom. The van der Waals surface area contributed by atoms with Crippen LogP contribution >= 0.6 is 0 Å². The van der Waals surface area contributed by atoms with E-state index in [1.54, 1.807) is 0 Å². The summed E-state index contributed by atoms with van der Waals surface area (Å²) in [7, 11) is 0. The van der Waals surface area contributed by atoms with Gasteiger partial charge in [0.15, 0.2) is 0 Å². The Morgan fingerprint density at radius 3 is 2.52 bits per heavy atom. The fourth-order valence-electron chi connectivity index (χ4n) is 3.66. The Hall–Kier alpha value is -2.14. The molecule has 0 bridgehead atoms. The van der Waals surface area contributed by atoms with E-state index in [2.05, 4.69) is 35.2 Å². The fourth-order valence-corrected chi connectivity index (χ4v) is 3.66. The number of carbonyl (C=O) groups is 1. The summed E-state index contributed by atoms with van der Waals surface area (Å²) >= 11 is 0. The average Bonchev–Trinajstić information content (AvgIpc) is 2.97. The summed E-state index contributed by atoms with van der Waals surface area (Å²) in [5.74, 6) is 0.880. The van der Waals surface area contributed by atoms with Crippen molar-refractivity contribution in [3.8, 4) is 0 Å². The summed E-state index contributed by atoms with van der Waals surface area (Å²) in [6.45, 7) is 11.3. The summed E-state index contributed by atoms with van der Waals surface area (Å²) in [5, 5.41) is 7.53. The van der Waals surface area contributed by atoms with Crippen molar-refractivity contribution in [2.24, 2.45) is 5.92 Å². The second kappa shape index (κ2) is 9.18. The van der Waals surface area contributed by atoms with E-state index in [1.807, 2.05) is 35.9 Å². The Balaban J connectivity index is 1.41. The maximum Gasteiger partial charge on any atom is 0.251 e. The molecule has 1 aromatic heterocycles. The molecule has 1 aliphatic heterocycles. The van der Waals surface area contributed by atoms with E-state index in [0.717, 1.165) is 54.5 Å². The monoisotopic (exact) mass is 368 g/mol. The largest absolute Gasteiger partial charge is 0.352 e. The number of nitrogens with zero attached hydrogens (tertiary/aromatic N) is 3. The maximum atomic E-state index is 12.3. The predicted molar refractivity (Wildman–Crippen MR) is 109 cm³/mol. The summed E-state index contributed by atoms with van der Waals surface area (Å²) in [6, 6.07) is 9.91. The van der Waals surface area contributed by atoms with E-state index >= 15 is 0 Å². The van der Waals surface area contributed by atoms with Gasteiger partial charge in [-0.05, 0) is 82.4 Å². The molecular formula is C22H32N4O. The third-order valence-electron chi connectivity index (χ3n) is 5.46. The highest BCUT2D eigenvalue weighted by atomic mass is 16.1. The lowest BCUT2D eigenvalue weighted by Crippen LogP contribution is -2.35. The summed E-state index contributed by atoms with van der Waals surface area (Å²) < 4.78 is 1.99. The van der Waals surface area contributed by atoms with Gasteiger partial charge < -0.3 is 10.2 Å².